The van der Waals surface area contributed by atoms with E-state index in [-0.39, 0.29) is 0 Å². The van der Waals surface area contributed by atoms with E-state index in [0.29, 0.717) is 16.5 Å². The minimum Gasteiger partial charge on any atom is -0.388 e. The number of fused-ring (bicyclic) bond motifs is 1. The van der Waals surface area contributed by atoms with Crippen molar-refractivity contribution in [2.24, 2.45) is 0 Å². The van der Waals surface area contributed by atoms with Crippen LogP contribution in [-0.4, -0.2) is 10.1 Å². The van der Waals surface area contributed by atoms with Gasteiger partial charge in [0.25, 0.3) is 0 Å². The van der Waals surface area contributed by atoms with E-state index in [1.165, 1.54) is 6.07 Å². The summed E-state index contributed by atoms with van der Waals surface area (Å²) in [5, 5.41) is 11.3. The number of para-hydroxylation sites is 1. The molecular formula is C17H13BrFNO. The molecule has 0 amide bonds. The molecule has 0 saturated carbocycles. The fourth-order valence-corrected chi connectivity index (χ4v) is 2.76. The molecule has 21 heavy (non-hydrogen) atoms. The van der Waals surface area contributed by atoms with Gasteiger partial charge in [-0.25, -0.2) is 4.39 Å². The number of aliphatic hydroxyl groups is 1. The fraction of sp³-hybridized carbons (Fsp3) is 0.118. The Labute approximate surface area is 130 Å². The van der Waals surface area contributed by atoms with E-state index in [1.54, 1.807) is 18.3 Å². The molecule has 1 atom stereocenters. The molecule has 1 N–H and O–H groups in total. The molecule has 0 saturated heterocycles. The molecule has 1 unspecified atom stereocenters. The normalized spacial score (nSPS) is 12.5. The Hall–Kier alpha value is -1.78. The summed E-state index contributed by atoms with van der Waals surface area (Å²) in [4.78, 5) is 4.29. The van der Waals surface area contributed by atoms with E-state index in [0.717, 1.165) is 16.5 Å². The van der Waals surface area contributed by atoms with Gasteiger partial charge in [0.15, 0.2) is 0 Å². The van der Waals surface area contributed by atoms with E-state index >= 15 is 0 Å². The van der Waals surface area contributed by atoms with Crippen LogP contribution in [0.4, 0.5) is 4.39 Å². The number of halogens is 2. The second-order valence-electron chi connectivity index (χ2n) is 4.87. The van der Waals surface area contributed by atoms with Gasteiger partial charge in [0.2, 0.25) is 0 Å². The van der Waals surface area contributed by atoms with Crippen molar-refractivity contribution >= 4 is 26.8 Å². The van der Waals surface area contributed by atoms with E-state index in [2.05, 4.69) is 20.9 Å². The van der Waals surface area contributed by atoms with Crippen LogP contribution in [0.1, 0.15) is 17.2 Å². The molecule has 1 aromatic heterocycles. The van der Waals surface area contributed by atoms with Gasteiger partial charge in [-0.2, -0.15) is 0 Å². The second-order valence-corrected chi connectivity index (χ2v) is 5.79. The van der Waals surface area contributed by atoms with E-state index in [4.69, 9.17) is 0 Å². The quantitative estimate of drug-likeness (QED) is 0.762. The number of hydrogen-bond donors (Lipinski definition) is 1. The van der Waals surface area contributed by atoms with Gasteiger partial charge in [-0.15, -0.1) is 0 Å². The summed E-state index contributed by atoms with van der Waals surface area (Å²) in [6.45, 7) is 0. The van der Waals surface area contributed by atoms with Crippen molar-refractivity contribution < 1.29 is 9.50 Å². The van der Waals surface area contributed by atoms with Crippen molar-refractivity contribution in [3.63, 3.8) is 0 Å². The van der Waals surface area contributed by atoms with Crippen molar-refractivity contribution in [2.45, 2.75) is 12.5 Å². The number of nitrogens with zero attached hydrogens (tertiary/aromatic N) is 1. The van der Waals surface area contributed by atoms with E-state index in [1.807, 2.05) is 30.3 Å². The van der Waals surface area contributed by atoms with Crippen LogP contribution in [0.25, 0.3) is 10.9 Å². The van der Waals surface area contributed by atoms with Crippen LogP contribution in [-0.2, 0) is 6.42 Å². The number of hydrogen-bond acceptors (Lipinski definition) is 2. The minimum atomic E-state index is -0.885. The van der Waals surface area contributed by atoms with Crippen LogP contribution in [0, 0.1) is 5.82 Å². The Balaban J connectivity index is 1.94. The molecule has 3 aromatic rings. The molecule has 0 aliphatic heterocycles. The molecule has 3 rings (SSSR count). The van der Waals surface area contributed by atoms with Crippen molar-refractivity contribution in [1.82, 2.24) is 4.98 Å². The highest BCUT2D eigenvalue weighted by Crippen LogP contribution is 2.26. The SMILES string of the molecule is OC(Cc1ccnc2ccccc12)c1ccc(Br)cc1F. The zero-order valence-corrected chi connectivity index (χ0v) is 12.7. The molecule has 0 spiro atoms. The Kier molecular flexibility index (Phi) is 3.99. The minimum absolute atomic E-state index is 0.305. The molecule has 2 aromatic carbocycles. The number of pyridine rings is 1. The molecule has 0 fully saturated rings. The predicted molar refractivity (Wildman–Crippen MR) is 84.5 cm³/mol. The Morgan fingerprint density at radius 3 is 2.76 bits per heavy atom. The lowest BCUT2D eigenvalue weighted by atomic mass is 9.98. The zero-order chi connectivity index (χ0) is 14.8. The molecule has 0 aliphatic carbocycles. The maximum atomic E-state index is 13.9. The Morgan fingerprint density at radius 2 is 1.95 bits per heavy atom. The van der Waals surface area contributed by atoms with E-state index < -0.39 is 11.9 Å². The van der Waals surface area contributed by atoms with Gasteiger partial charge in [-0.1, -0.05) is 40.2 Å². The molecule has 0 aliphatic rings. The topological polar surface area (TPSA) is 33.1 Å². The largest absolute Gasteiger partial charge is 0.388 e. The predicted octanol–water partition coefficient (Wildman–Crippen LogP) is 4.41. The maximum absolute atomic E-state index is 13.9. The lowest BCUT2D eigenvalue weighted by molar-refractivity contribution is 0.174. The van der Waals surface area contributed by atoms with Crippen molar-refractivity contribution in [3.05, 3.63) is 76.1 Å². The number of benzene rings is 2. The van der Waals surface area contributed by atoms with Crippen LogP contribution in [0.5, 0.6) is 0 Å². The standard InChI is InChI=1S/C17H13BrFNO/c18-12-5-6-14(15(19)10-12)17(21)9-11-7-8-20-16-4-2-1-3-13(11)16/h1-8,10,17,21H,9H2. The average molecular weight is 346 g/mol. The molecule has 4 heteroatoms. The molecular weight excluding hydrogens is 333 g/mol. The number of aromatic nitrogens is 1. The second kappa shape index (κ2) is 5.92. The molecule has 106 valence electrons. The van der Waals surface area contributed by atoms with Crippen LogP contribution in [0.15, 0.2) is 59.2 Å². The molecule has 0 radical (unpaired) electrons. The van der Waals surface area contributed by atoms with Gasteiger partial charge in [0, 0.05) is 28.0 Å². The summed E-state index contributed by atoms with van der Waals surface area (Å²) in [6.07, 6.45) is 1.17. The van der Waals surface area contributed by atoms with Crippen molar-refractivity contribution in [3.8, 4) is 0 Å². The van der Waals surface area contributed by atoms with Crippen molar-refractivity contribution in [1.29, 1.82) is 0 Å². The molecule has 1 heterocycles. The maximum Gasteiger partial charge on any atom is 0.130 e. The van der Waals surface area contributed by atoms with Gasteiger partial charge in [0.05, 0.1) is 11.6 Å². The number of aliphatic hydroxyl groups excluding tert-OH is 1. The van der Waals surface area contributed by atoms with Gasteiger partial charge in [-0.3, -0.25) is 4.98 Å². The van der Waals surface area contributed by atoms with Crippen LogP contribution < -0.4 is 0 Å². The van der Waals surface area contributed by atoms with Gasteiger partial charge < -0.3 is 5.11 Å². The smallest absolute Gasteiger partial charge is 0.130 e. The van der Waals surface area contributed by atoms with Gasteiger partial charge in [0.1, 0.15) is 5.82 Å². The summed E-state index contributed by atoms with van der Waals surface area (Å²) in [5.41, 5.74) is 2.13. The van der Waals surface area contributed by atoms with Crippen LogP contribution in [0.2, 0.25) is 0 Å². The summed E-state index contributed by atoms with van der Waals surface area (Å²) < 4.78 is 14.6. The third-order valence-corrected chi connectivity index (χ3v) is 3.97. The summed E-state index contributed by atoms with van der Waals surface area (Å²) >= 11 is 3.21. The third-order valence-electron chi connectivity index (χ3n) is 3.47. The first-order valence-corrected chi connectivity index (χ1v) is 7.40. The molecule has 2 nitrogen and oxygen atoms in total. The van der Waals surface area contributed by atoms with Crippen molar-refractivity contribution in [2.75, 3.05) is 0 Å². The third kappa shape index (κ3) is 2.96. The van der Waals surface area contributed by atoms with Crippen LogP contribution in [0.3, 0.4) is 0 Å². The van der Waals surface area contributed by atoms with Crippen LogP contribution >= 0.6 is 15.9 Å². The molecule has 0 bridgehead atoms. The zero-order valence-electron chi connectivity index (χ0n) is 11.1. The fourth-order valence-electron chi connectivity index (χ4n) is 2.42. The summed E-state index contributed by atoms with van der Waals surface area (Å²) in [6, 6.07) is 14.3. The lowest BCUT2D eigenvalue weighted by Crippen LogP contribution is -2.05. The Morgan fingerprint density at radius 1 is 1.14 bits per heavy atom. The summed E-state index contributed by atoms with van der Waals surface area (Å²) in [5.74, 6) is -0.407. The Bertz CT molecular complexity index is 785. The summed E-state index contributed by atoms with van der Waals surface area (Å²) in [7, 11) is 0. The first-order chi connectivity index (χ1) is 10.1. The monoisotopic (exact) mass is 345 g/mol. The average Bonchev–Trinajstić information content (AvgIpc) is 2.47. The van der Waals surface area contributed by atoms with Gasteiger partial charge >= 0.3 is 0 Å². The highest BCUT2D eigenvalue weighted by Gasteiger charge is 2.15. The first kappa shape index (κ1) is 14.2. The number of rotatable bonds is 3. The van der Waals surface area contributed by atoms with Gasteiger partial charge in [-0.05, 0) is 29.8 Å². The first-order valence-electron chi connectivity index (χ1n) is 6.61. The van der Waals surface area contributed by atoms with E-state index in [9.17, 15) is 9.50 Å². The highest BCUT2D eigenvalue weighted by atomic mass is 79.9. The lowest BCUT2D eigenvalue weighted by Gasteiger charge is -2.13. The highest BCUT2D eigenvalue weighted by molar-refractivity contribution is 9.10.